The molecule has 0 spiro atoms. The molecule has 0 aliphatic heterocycles. The first kappa shape index (κ1) is 9.24. The Morgan fingerprint density at radius 2 is 2.08 bits per heavy atom. The third kappa shape index (κ3) is 1.66. The van der Waals surface area contributed by atoms with Crippen molar-refractivity contribution in [2.45, 2.75) is 39.0 Å². The quantitative estimate of drug-likeness (QED) is 0.666. The Labute approximate surface area is 74.8 Å². The average Bonchev–Trinajstić information content (AvgIpc) is 2.18. The van der Waals surface area contributed by atoms with E-state index in [0.29, 0.717) is 0 Å². The molecule has 1 heterocycles. The fourth-order valence-corrected chi connectivity index (χ4v) is 1.29. The average molecular weight is 162 g/mol. The van der Waals surface area contributed by atoms with E-state index in [-0.39, 0.29) is 5.41 Å². The van der Waals surface area contributed by atoms with E-state index in [0.717, 1.165) is 12.8 Å². The molecule has 0 N–H and O–H groups in total. The highest BCUT2D eigenvalue weighted by Gasteiger charge is 2.21. The molecule has 0 atom stereocenters. The van der Waals surface area contributed by atoms with Gasteiger partial charge in [-0.05, 0) is 29.9 Å². The fourth-order valence-electron chi connectivity index (χ4n) is 1.29. The van der Waals surface area contributed by atoms with Crippen LogP contribution < -0.4 is 0 Å². The summed E-state index contributed by atoms with van der Waals surface area (Å²) in [5.41, 5.74) is 1.49. The van der Waals surface area contributed by atoms with Crippen molar-refractivity contribution in [3.8, 4) is 0 Å². The Balaban J connectivity index is 2.95. The van der Waals surface area contributed by atoms with Crippen molar-refractivity contribution in [3.05, 3.63) is 30.1 Å². The predicted molar refractivity (Wildman–Crippen MR) is 51.0 cm³/mol. The zero-order valence-electron chi connectivity index (χ0n) is 8.09. The maximum absolute atomic E-state index is 4.02. The summed E-state index contributed by atoms with van der Waals surface area (Å²) in [5.74, 6) is 0. The number of hydrogen-bond acceptors (Lipinski definition) is 1. The second kappa shape index (κ2) is 3.70. The van der Waals surface area contributed by atoms with Crippen molar-refractivity contribution in [2.24, 2.45) is 0 Å². The Bertz CT molecular complexity index is 224. The van der Waals surface area contributed by atoms with E-state index in [9.17, 15) is 0 Å². The Hall–Kier alpha value is -0.850. The highest BCUT2D eigenvalue weighted by Crippen LogP contribution is 2.29. The second-order valence-corrected chi connectivity index (χ2v) is 3.43. The van der Waals surface area contributed by atoms with E-state index in [2.05, 4.69) is 38.0 Å². The van der Waals surface area contributed by atoms with Crippen LogP contribution in [-0.4, -0.2) is 4.98 Å². The lowest BCUT2D eigenvalue weighted by Gasteiger charge is -2.26. The number of hydrogen-bond donors (Lipinski definition) is 0. The second-order valence-electron chi connectivity index (χ2n) is 3.43. The first-order valence-corrected chi connectivity index (χ1v) is 4.56. The van der Waals surface area contributed by atoms with E-state index in [1.807, 2.05) is 6.07 Å². The van der Waals surface area contributed by atoms with E-state index in [1.165, 1.54) is 5.56 Å². The van der Waals surface area contributed by atoms with Gasteiger partial charge in [-0.2, -0.15) is 0 Å². The molecule has 0 aliphatic rings. The van der Waals surface area contributed by atoms with Crippen molar-refractivity contribution >= 4 is 0 Å². The van der Waals surface area contributed by atoms with Crippen LogP contribution in [0, 0.1) is 6.20 Å². The molecule has 0 unspecified atom stereocenters. The lowest BCUT2D eigenvalue weighted by Crippen LogP contribution is -2.19. The molecular weight excluding hydrogens is 146 g/mol. The summed E-state index contributed by atoms with van der Waals surface area (Å²) in [4.78, 5) is 4.02. The van der Waals surface area contributed by atoms with Gasteiger partial charge in [0, 0.05) is 6.20 Å². The molecule has 1 nitrogen and oxygen atoms in total. The molecule has 0 aromatic carbocycles. The molecular formula is C11H16N. The summed E-state index contributed by atoms with van der Waals surface area (Å²) in [6.45, 7) is 6.69. The lowest BCUT2D eigenvalue weighted by atomic mass is 9.79. The maximum atomic E-state index is 4.02. The minimum atomic E-state index is 0.258. The lowest BCUT2D eigenvalue weighted by molar-refractivity contribution is 0.436. The van der Waals surface area contributed by atoms with E-state index < -0.39 is 0 Å². The van der Waals surface area contributed by atoms with Gasteiger partial charge in [0.2, 0.25) is 0 Å². The smallest absolute Gasteiger partial charge is 0.0926 e. The highest BCUT2D eigenvalue weighted by atomic mass is 14.6. The summed E-state index contributed by atoms with van der Waals surface area (Å²) in [6.07, 6.45) is 7.12. The number of rotatable bonds is 3. The van der Waals surface area contributed by atoms with Crippen molar-refractivity contribution in [3.63, 3.8) is 0 Å². The van der Waals surface area contributed by atoms with Gasteiger partial charge >= 0.3 is 0 Å². The molecule has 0 fully saturated rings. The number of nitrogens with zero attached hydrogens (tertiary/aromatic N) is 1. The molecule has 0 saturated heterocycles. The Morgan fingerprint density at radius 1 is 1.42 bits per heavy atom. The summed E-state index contributed by atoms with van der Waals surface area (Å²) in [7, 11) is 0. The van der Waals surface area contributed by atoms with E-state index >= 15 is 0 Å². The van der Waals surface area contributed by atoms with Gasteiger partial charge in [0.25, 0.3) is 0 Å². The van der Waals surface area contributed by atoms with Crippen LogP contribution in [0.4, 0.5) is 0 Å². The monoisotopic (exact) mass is 162 g/mol. The van der Waals surface area contributed by atoms with Gasteiger partial charge in [-0.15, -0.1) is 0 Å². The SMILES string of the molecule is CCC(C)(CC)c1[c]nccc1. The Morgan fingerprint density at radius 3 is 2.50 bits per heavy atom. The van der Waals surface area contributed by atoms with Crippen LogP contribution in [0.3, 0.4) is 0 Å². The van der Waals surface area contributed by atoms with Crippen molar-refractivity contribution in [1.29, 1.82) is 0 Å². The third-order valence-corrected chi connectivity index (χ3v) is 2.82. The fraction of sp³-hybridized carbons (Fsp3) is 0.545. The minimum absolute atomic E-state index is 0.258. The molecule has 65 valence electrons. The van der Waals surface area contributed by atoms with Gasteiger partial charge in [0.1, 0.15) is 0 Å². The predicted octanol–water partition coefficient (Wildman–Crippen LogP) is 2.96. The maximum Gasteiger partial charge on any atom is 0.0926 e. The van der Waals surface area contributed by atoms with Gasteiger partial charge < -0.3 is 0 Å². The third-order valence-electron chi connectivity index (χ3n) is 2.82. The van der Waals surface area contributed by atoms with Crippen LogP contribution in [0.5, 0.6) is 0 Å². The van der Waals surface area contributed by atoms with Gasteiger partial charge in [-0.1, -0.05) is 26.8 Å². The highest BCUT2D eigenvalue weighted by molar-refractivity contribution is 5.18. The summed E-state index contributed by atoms with van der Waals surface area (Å²) < 4.78 is 0. The molecule has 1 heteroatoms. The number of pyridine rings is 1. The topological polar surface area (TPSA) is 12.9 Å². The molecule has 1 rings (SSSR count). The summed E-state index contributed by atoms with van der Waals surface area (Å²) >= 11 is 0. The van der Waals surface area contributed by atoms with Crippen molar-refractivity contribution in [1.82, 2.24) is 4.98 Å². The number of aromatic nitrogens is 1. The Kier molecular flexibility index (Phi) is 2.85. The molecule has 0 bridgehead atoms. The molecule has 0 amide bonds. The molecule has 1 aromatic rings. The van der Waals surface area contributed by atoms with Crippen LogP contribution in [0.15, 0.2) is 18.3 Å². The first-order chi connectivity index (χ1) is 5.73. The van der Waals surface area contributed by atoms with E-state index in [1.54, 1.807) is 6.20 Å². The van der Waals surface area contributed by atoms with Crippen LogP contribution in [0.2, 0.25) is 0 Å². The summed E-state index contributed by atoms with van der Waals surface area (Å²) in [6, 6.07) is 4.09. The molecule has 1 radical (unpaired) electrons. The minimum Gasteiger partial charge on any atom is -0.254 e. The van der Waals surface area contributed by atoms with Crippen molar-refractivity contribution < 1.29 is 0 Å². The normalized spacial score (nSPS) is 11.6. The standard InChI is InChI=1S/C11H16N/c1-4-11(3,5-2)10-7-6-8-12-9-10/h6-8H,4-5H2,1-3H3. The van der Waals surface area contributed by atoms with E-state index in [4.69, 9.17) is 0 Å². The molecule has 0 aliphatic carbocycles. The van der Waals surface area contributed by atoms with Crippen LogP contribution >= 0.6 is 0 Å². The van der Waals surface area contributed by atoms with Crippen LogP contribution in [-0.2, 0) is 5.41 Å². The molecule has 1 aromatic heterocycles. The molecule has 12 heavy (non-hydrogen) atoms. The summed E-state index contributed by atoms with van der Waals surface area (Å²) in [5, 5.41) is 0. The van der Waals surface area contributed by atoms with Crippen LogP contribution in [0.25, 0.3) is 0 Å². The van der Waals surface area contributed by atoms with Gasteiger partial charge in [0.15, 0.2) is 0 Å². The first-order valence-electron chi connectivity index (χ1n) is 4.56. The van der Waals surface area contributed by atoms with Gasteiger partial charge in [-0.3, -0.25) is 4.98 Å². The largest absolute Gasteiger partial charge is 0.254 e. The zero-order chi connectivity index (χ0) is 9.03. The zero-order valence-corrected chi connectivity index (χ0v) is 8.09. The van der Waals surface area contributed by atoms with Crippen molar-refractivity contribution in [2.75, 3.05) is 0 Å². The van der Waals surface area contributed by atoms with Gasteiger partial charge in [-0.25, -0.2) is 0 Å². The van der Waals surface area contributed by atoms with Gasteiger partial charge in [0.05, 0.1) is 6.20 Å². The molecule has 0 saturated carbocycles. The van der Waals surface area contributed by atoms with Crippen LogP contribution in [0.1, 0.15) is 39.2 Å².